The van der Waals surface area contributed by atoms with Gasteiger partial charge in [-0.2, -0.15) is 15.0 Å². The summed E-state index contributed by atoms with van der Waals surface area (Å²) in [5, 5.41) is 2.82. The van der Waals surface area contributed by atoms with E-state index in [-0.39, 0.29) is 37.6 Å². The van der Waals surface area contributed by atoms with Gasteiger partial charge in [0, 0.05) is 67.2 Å². The molecule has 2 rings (SSSR count). The van der Waals surface area contributed by atoms with Crippen LogP contribution in [0.15, 0.2) is 0 Å². The number of nitrogens with one attached hydrogen (secondary N) is 1. The van der Waals surface area contributed by atoms with Crippen molar-refractivity contribution in [1.82, 2.24) is 34.5 Å². The second kappa shape index (κ2) is 19.2. The van der Waals surface area contributed by atoms with E-state index in [9.17, 15) is 14.4 Å². The molecule has 0 spiro atoms. The van der Waals surface area contributed by atoms with Gasteiger partial charge in [-0.05, 0) is 26.7 Å². The topological polar surface area (TPSA) is 163 Å². The lowest BCUT2D eigenvalue weighted by Gasteiger charge is -2.31. The number of ether oxygens (including phenoxy) is 2. The number of likely N-dealkylation sites (N-methyl/N-ethyl adjacent to an activating group) is 1. The molecule has 2 heterocycles. The summed E-state index contributed by atoms with van der Waals surface area (Å²) in [6.07, 6.45) is 2.19. The highest BCUT2D eigenvalue weighted by molar-refractivity contribution is 7.52. The van der Waals surface area contributed by atoms with E-state index in [1.54, 1.807) is 23.9 Å². The van der Waals surface area contributed by atoms with E-state index in [0.29, 0.717) is 57.3 Å². The molecule has 242 valence electrons. The van der Waals surface area contributed by atoms with Crippen LogP contribution >= 0.6 is 7.85 Å². The summed E-state index contributed by atoms with van der Waals surface area (Å²) in [7, 11) is 7.20. The van der Waals surface area contributed by atoms with Gasteiger partial charge in [-0.15, -0.1) is 9.34 Å². The van der Waals surface area contributed by atoms with E-state index >= 15 is 0 Å². The lowest BCUT2D eigenvalue weighted by atomic mass is 10.1. The molecule has 3 N–H and O–H groups in total. The molecule has 1 aromatic heterocycles. The zero-order chi connectivity index (χ0) is 31.8. The Labute approximate surface area is 256 Å². The largest absolute Gasteiger partial charge is 0.461 e. The van der Waals surface area contributed by atoms with E-state index in [2.05, 4.69) is 61.3 Å². The van der Waals surface area contributed by atoms with Gasteiger partial charge >= 0.3 is 6.01 Å². The number of carbonyl (C=O) groups excluding carboxylic acids is 3. The standard InChI is InChI=1S/C27H49N10O5P/c1-7-34(5)24(40)12-10-9-11-23(39)29-13-18-41-19-20-42-27-31-25(35(6)21-22(28)38)30-26(32-27)36-14-16-37(17-15-36)43(8-2)33(3)4/h8H,7,9-21H2,1-6H3,(H2-,28,29,38,39)/p+1. The highest BCUT2D eigenvalue weighted by Gasteiger charge is 2.30. The van der Waals surface area contributed by atoms with Crippen molar-refractivity contribution in [3.63, 3.8) is 0 Å². The highest BCUT2D eigenvalue weighted by Crippen LogP contribution is 2.32. The molecule has 1 aliphatic heterocycles. The van der Waals surface area contributed by atoms with Crippen molar-refractivity contribution in [2.45, 2.75) is 39.5 Å². The van der Waals surface area contributed by atoms with E-state index in [0.717, 1.165) is 26.2 Å². The number of unbranched alkanes of at least 4 members (excludes halogenated alkanes) is 1. The monoisotopic (exact) mass is 625 g/mol. The number of anilines is 2. The zero-order valence-corrected chi connectivity index (χ0v) is 27.5. The Balaban J connectivity index is 1.80. The zero-order valence-electron chi connectivity index (χ0n) is 26.6. The Kier molecular flexibility index (Phi) is 16.1. The fraction of sp³-hybridized carbons (Fsp3) is 0.741. The van der Waals surface area contributed by atoms with Crippen LogP contribution in [0.25, 0.3) is 0 Å². The molecular weight excluding hydrogens is 575 g/mol. The Hall–Kier alpha value is -3.13. The van der Waals surface area contributed by atoms with Crippen LogP contribution in [0.4, 0.5) is 11.9 Å². The van der Waals surface area contributed by atoms with E-state index < -0.39 is 13.8 Å². The summed E-state index contributed by atoms with van der Waals surface area (Å²) >= 11 is 0. The second-order valence-electron chi connectivity index (χ2n) is 10.3. The van der Waals surface area contributed by atoms with Gasteiger partial charge in [-0.3, -0.25) is 14.4 Å². The summed E-state index contributed by atoms with van der Waals surface area (Å²) in [5.41, 5.74) is 5.38. The Morgan fingerprint density at radius 3 is 2.33 bits per heavy atom. The molecule has 0 bridgehead atoms. The average molecular weight is 626 g/mol. The second-order valence-corrected chi connectivity index (χ2v) is 12.9. The number of piperazine rings is 1. The van der Waals surface area contributed by atoms with Crippen LogP contribution in [0.2, 0.25) is 0 Å². The van der Waals surface area contributed by atoms with Crippen LogP contribution in [0.1, 0.15) is 39.5 Å². The molecule has 1 saturated heterocycles. The number of aromatic nitrogens is 3. The minimum atomic E-state index is -0.496. The van der Waals surface area contributed by atoms with Crippen LogP contribution in [0.3, 0.4) is 0 Å². The van der Waals surface area contributed by atoms with Gasteiger partial charge in [0.1, 0.15) is 12.4 Å². The number of hydrogen-bond donors (Lipinski definition) is 2. The molecule has 0 aromatic carbocycles. The molecule has 1 aliphatic rings. The SMILES string of the molecule is CC=[P+](N(C)C)N1CCN(c2nc(OCCOCCNC(=O)CCCCC(=O)N(C)CC)nc(N(C)CC(N)=O)n2)CC1. The lowest BCUT2D eigenvalue weighted by molar-refractivity contribution is -0.130. The molecule has 43 heavy (non-hydrogen) atoms. The smallest absolute Gasteiger partial charge is 0.323 e. The fourth-order valence-electron chi connectivity index (χ4n) is 4.34. The first-order valence-corrected chi connectivity index (χ1v) is 16.1. The molecule has 1 atom stereocenters. The maximum atomic E-state index is 12.0. The van der Waals surface area contributed by atoms with Gasteiger partial charge in [0.15, 0.2) is 0 Å². The first-order chi connectivity index (χ1) is 20.5. The normalized spacial score (nSPS) is 14.1. The minimum Gasteiger partial charge on any atom is -0.461 e. The third kappa shape index (κ3) is 13.0. The summed E-state index contributed by atoms with van der Waals surface area (Å²) in [6, 6.07) is 0.136. The first-order valence-electron chi connectivity index (χ1n) is 14.8. The highest BCUT2D eigenvalue weighted by atomic mass is 31.1. The Morgan fingerprint density at radius 2 is 1.70 bits per heavy atom. The number of amides is 3. The molecule has 0 radical (unpaired) electrons. The lowest BCUT2D eigenvalue weighted by Crippen LogP contribution is -2.45. The predicted octanol–water partition coefficient (Wildman–Crippen LogP) is 0.161. The molecule has 15 nitrogen and oxygen atoms in total. The van der Waals surface area contributed by atoms with Gasteiger partial charge in [-0.25, -0.2) is 0 Å². The van der Waals surface area contributed by atoms with E-state index in [4.69, 9.17) is 15.2 Å². The maximum Gasteiger partial charge on any atom is 0.323 e. The summed E-state index contributed by atoms with van der Waals surface area (Å²) in [6.45, 7) is 9.07. The van der Waals surface area contributed by atoms with E-state index in [1.807, 2.05) is 6.92 Å². The molecule has 1 unspecified atom stereocenters. The molecule has 1 aromatic rings. The fourth-order valence-corrected chi connectivity index (χ4v) is 6.22. The first kappa shape index (κ1) is 36.1. The third-order valence-corrected chi connectivity index (χ3v) is 9.03. The third-order valence-electron chi connectivity index (χ3n) is 6.77. The summed E-state index contributed by atoms with van der Waals surface area (Å²) < 4.78 is 16.1. The van der Waals surface area contributed by atoms with Crippen molar-refractivity contribution in [2.24, 2.45) is 5.73 Å². The van der Waals surface area contributed by atoms with Gasteiger partial charge in [0.2, 0.25) is 29.6 Å². The number of nitrogens with zero attached hydrogens (tertiary/aromatic N) is 8. The Morgan fingerprint density at radius 1 is 1.00 bits per heavy atom. The molecule has 0 aliphatic carbocycles. The van der Waals surface area contributed by atoms with Crippen molar-refractivity contribution < 1.29 is 23.9 Å². The molecular formula is C27H50N10O5P+. The van der Waals surface area contributed by atoms with Crippen molar-refractivity contribution in [3.05, 3.63) is 0 Å². The van der Waals surface area contributed by atoms with Crippen LogP contribution in [-0.2, 0) is 19.1 Å². The van der Waals surface area contributed by atoms with Crippen LogP contribution in [0.5, 0.6) is 6.01 Å². The summed E-state index contributed by atoms with van der Waals surface area (Å²) in [4.78, 5) is 54.1. The molecule has 0 saturated carbocycles. The van der Waals surface area contributed by atoms with Crippen LogP contribution in [0, 0.1) is 0 Å². The number of hydrogen-bond acceptors (Lipinski definition) is 12. The predicted molar refractivity (Wildman–Crippen MR) is 170 cm³/mol. The number of nitrogens with two attached hydrogens (primary N) is 1. The maximum absolute atomic E-state index is 12.0. The van der Waals surface area contributed by atoms with Crippen molar-refractivity contribution in [2.75, 3.05) is 104 Å². The molecule has 3 amide bonds. The number of rotatable bonds is 19. The number of carbonyl (C=O) groups is 3. The van der Waals surface area contributed by atoms with Gasteiger partial charge in [-0.1, -0.05) is 0 Å². The van der Waals surface area contributed by atoms with Crippen molar-refractivity contribution in [1.29, 1.82) is 0 Å². The van der Waals surface area contributed by atoms with Crippen LogP contribution in [-0.4, -0.2) is 147 Å². The minimum absolute atomic E-state index is 0.0424. The molecule has 1 fully saturated rings. The quantitative estimate of drug-likeness (QED) is 0.158. The Bertz CT molecular complexity index is 1070. The summed E-state index contributed by atoms with van der Waals surface area (Å²) in [5.74, 6) is 2.56. The molecule has 16 heteroatoms. The van der Waals surface area contributed by atoms with Gasteiger partial charge in [0.25, 0.3) is 7.85 Å². The van der Waals surface area contributed by atoms with Crippen molar-refractivity contribution in [3.8, 4) is 6.01 Å². The van der Waals surface area contributed by atoms with Crippen molar-refractivity contribution >= 4 is 43.3 Å². The van der Waals surface area contributed by atoms with Gasteiger partial charge in [0.05, 0.1) is 32.8 Å². The van der Waals surface area contributed by atoms with Crippen LogP contribution < -0.4 is 25.6 Å². The van der Waals surface area contributed by atoms with Gasteiger partial charge < -0.3 is 35.2 Å². The number of primary amides is 1. The average Bonchev–Trinajstić information content (AvgIpc) is 2.98. The van der Waals surface area contributed by atoms with E-state index in [1.165, 1.54) is 0 Å².